The molecule has 0 aliphatic carbocycles. The summed E-state index contributed by atoms with van der Waals surface area (Å²) in [6, 6.07) is 4.14. The van der Waals surface area contributed by atoms with Crippen LogP contribution in [-0.2, 0) is 12.3 Å². The molecule has 0 radical (unpaired) electrons. The summed E-state index contributed by atoms with van der Waals surface area (Å²) in [5.74, 6) is 1.23. The Morgan fingerprint density at radius 3 is 2.93 bits per heavy atom. The van der Waals surface area contributed by atoms with Crippen LogP contribution in [0.3, 0.4) is 0 Å². The number of alkyl halides is 1. The van der Waals surface area contributed by atoms with Gasteiger partial charge in [0.25, 0.3) is 0 Å². The molecule has 14 heavy (non-hydrogen) atoms. The Morgan fingerprint density at radius 2 is 2.29 bits per heavy atom. The Labute approximate surface area is 95.8 Å². The minimum Gasteiger partial charge on any atom is -0.341 e. The number of aromatic nitrogens is 2. The Bertz CT molecular complexity index is 464. The number of aryl methyl sites for hydroxylation is 1. The third-order valence-corrected chi connectivity index (χ3v) is 3.37. The van der Waals surface area contributed by atoms with Crippen molar-refractivity contribution < 1.29 is 0 Å². The van der Waals surface area contributed by atoms with Crippen molar-refractivity contribution in [3.63, 3.8) is 0 Å². The first-order valence-electron chi connectivity index (χ1n) is 4.48. The van der Waals surface area contributed by atoms with Crippen molar-refractivity contribution in [2.45, 2.75) is 19.2 Å². The summed E-state index contributed by atoms with van der Waals surface area (Å²) in [6.07, 6.45) is 1.000. The van der Waals surface area contributed by atoms with E-state index in [-0.39, 0.29) is 0 Å². The normalized spacial score (nSPS) is 11.1. The average molecular weight is 274 g/mol. The maximum absolute atomic E-state index is 5.72. The van der Waals surface area contributed by atoms with Crippen LogP contribution in [-0.4, -0.2) is 9.97 Å². The number of rotatable bonds is 2. The number of halogens is 2. The summed E-state index contributed by atoms with van der Waals surface area (Å²) in [4.78, 5) is 7.57. The summed E-state index contributed by atoms with van der Waals surface area (Å²) in [5.41, 5.74) is 3.27. The molecule has 1 heterocycles. The molecule has 74 valence electrons. The highest BCUT2D eigenvalue weighted by Gasteiger charge is 2.08. The van der Waals surface area contributed by atoms with Gasteiger partial charge in [-0.05, 0) is 34.0 Å². The van der Waals surface area contributed by atoms with E-state index in [1.807, 2.05) is 6.07 Å². The number of benzene rings is 1. The molecule has 1 aromatic heterocycles. The summed E-state index contributed by atoms with van der Waals surface area (Å²) in [6.45, 7) is 2.13. The van der Waals surface area contributed by atoms with E-state index in [0.717, 1.165) is 27.8 Å². The second kappa shape index (κ2) is 3.91. The lowest BCUT2D eigenvalue weighted by Crippen LogP contribution is -1.83. The summed E-state index contributed by atoms with van der Waals surface area (Å²) in [5, 5.41) is 0. The monoisotopic (exact) mass is 272 g/mol. The zero-order chi connectivity index (χ0) is 10.1. The molecular formula is C10H10BrClN2. The van der Waals surface area contributed by atoms with E-state index in [9.17, 15) is 0 Å². The predicted octanol–water partition coefficient (Wildman–Crippen LogP) is 3.63. The van der Waals surface area contributed by atoms with Gasteiger partial charge in [0.1, 0.15) is 11.3 Å². The van der Waals surface area contributed by atoms with Crippen LogP contribution in [0.1, 0.15) is 18.3 Å². The lowest BCUT2D eigenvalue weighted by Gasteiger charge is -2.00. The van der Waals surface area contributed by atoms with E-state index in [1.54, 1.807) is 0 Å². The Morgan fingerprint density at radius 1 is 1.50 bits per heavy atom. The standard InChI is InChI=1S/C10H10BrClN2/c1-2-6-3-4-7-10(9(6)11)14-8(5-12)13-7/h3-4H,2,5H2,1H3,(H,13,14). The van der Waals surface area contributed by atoms with Crippen LogP contribution in [0.5, 0.6) is 0 Å². The third-order valence-electron chi connectivity index (χ3n) is 2.23. The molecule has 0 fully saturated rings. The number of H-pyrrole nitrogens is 1. The van der Waals surface area contributed by atoms with Crippen molar-refractivity contribution in [1.82, 2.24) is 9.97 Å². The molecule has 0 saturated heterocycles. The quantitative estimate of drug-likeness (QED) is 0.832. The molecule has 0 spiro atoms. The molecule has 2 aromatic rings. The minimum atomic E-state index is 0.419. The molecule has 0 unspecified atom stereocenters. The maximum atomic E-state index is 5.72. The number of imidazole rings is 1. The van der Waals surface area contributed by atoms with Crippen LogP contribution in [0.15, 0.2) is 16.6 Å². The molecule has 0 bridgehead atoms. The van der Waals surface area contributed by atoms with Gasteiger partial charge in [0, 0.05) is 4.47 Å². The molecule has 1 N–H and O–H groups in total. The van der Waals surface area contributed by atoms with E-state index in [2.05, 4.69) is 38.9 Å². The van der Waals surface area contributed by atoms with Crippen LogP contribution in [0.25, 0.3) is 11.0 Å². The second-order valence-corrected chi connectivity index (χ2v) is 4.17. The lowest BCUT2D eigenvalue weighted by molar-refractivity contribution is 1.12. The number of aromatic amines is 1. The summed E-state index contributed by atoms with van der Waals surface area (Å²) >= 11 is 9.27. The topological polar surface area (TPSA) is 28.7 Å². The molecule has 0 aliphatic heterocycles. The lowest BCUT2D eigenvalue weighted by atomic mass is 10.1. The van der Waals surface area contributed by atoms with Crippen LogP contribution in [0, 0.1) is 0 Å². The molecule has 2 nitrogen and oxygen atoms in total. The largest absolute Gasteiger partial charge is 0.341 e. The van der Waals surface area contributed by atoms with Gasteiger partial charge in [-0.25, -0.2) is 4.98 Å². The van der Waals surface area contributed by atoms with E-state index >= 15 is 0 Å². The zero-order valence-electron chi connectivity index (χ0n) is 7.77. The van der Waals surface area contributed by atoms with Crippen LogP contribution >= 0.6 is 27.5 Å². The maximum Gasteiger partial charge on any atom is 0.122 e. The summed E-state index contributed by atoms with van der Waals surface area (Å²) < 4.78 is 1.07. The Kier molecular flexibility index (Phi) is 2.79. The third kappa shape index (κ3) is 1.55. The fourth-order valence-corrected chi connectivity index (χ4v) is 2.31. The molecule has 0 amide bonds. The highest BCUT2D eigenvalue weighted by molar-refractivity contribution is 9.10. The van der Waals surface area contributed by atoms with Crippen molar-refractivity contribution in [3.8, 4) is 0 Å². The smallest absolute Gasteiger partial charge is 0.122 e. The Balaban J connectivity index is 2.68. The highest BCUT2D eigenvalue weighted by atomic mass is 79.9. The highest BCUT2D eigenvalue weighted by Crippen LogP contribution is 2.26. The molecular weight excluding hydrogens is 263 g/mol. The predicted molar refractivity (Wildman–Crippen MR) is 62.7 cm³/mol. The van der Waals surface area contributed by atoms with Gasteiger partial charge in [0.05, 0.1) is 11.4 Å². The first-order chi connectivity index (χ1) is 6.76. The van der Waals surface area contributed by atoms with Gasteiger partial charge in [-0.3, -0.25) is 0 Å². The van der Waals surface area contributed by atoms with Gasteiger partial charge in [0.2, 0.25) is 0 Å². The molecule has 0 atom stereocenters. The van der Waals surface area contributed by atoms with Gasteiger partial charge in [-0.2, -0.15) is 0 Å². The van der Waals surface area contributed by atoms with Crippen LogP contribution in [0.2, 0.25) is 0 Å². The van der Waals surface area contributed by atoms with Crippen LogP contribution < -0.4 is 0 Å². The van der Waals surface area contributed by atoms with E-state index in [4.69, 9.17) is 11.6 Å². The van der Waals surface area contributed by atoms with Gasteiger partial charge in [-0.15, -0.1) is 11.6 Å². The summed E-state index contributed by atoms with van der Waals surface area (Å²) in [7, 11) is 0. The van der Waals surface area contributed by atoms with Crippen LogP contribution in [0.4, 0.5) is 0 Å². The molecule has 1 aromatic carbocycles. The van der Waals surface area contributed by atoms with Gasteiger partial charge < -0.3 is 4.98 Å². The minimum absolute atomic E-state index is 0.419. The number of nitrogens with zero attached hydrogens (tertiary/aromatic N) is 1. The van der Waals surface area contributed by atoms with Crippen molar-refractivity contribution in [3.05, 3.63) is 28.0 Å². The number of hydrogen-bond acceptors (Lipinski definition) is 1. The Hall–Kier alpha value is -0.540. The first-order valence-corrected chi connectivity index (χ1v) is 5.81. The van der Waals surface area contributed by atoms with Gasteiger partial charge in [0.15, 0.2) is 0 Å². The van der Waals surface area contributed by atoms with E-state index < -0.39 is 0 Å². The van der Waals surface area contributed by atoms with E-state index in [1.165, 1.54) is 5.56 Å². The van der Waals surface area contributed by atoms with Crippen molar-refractivity contribution in [1.29, 1.82) is 0 Å². The molecule has 0 aliphatic rings. The molecule has 0 saturated carbocycles. The fourth-order valence-electron chi connectivity index (χ4n) is 1.47. The number of nitrogens with one attached hydrogen (secondary N) is 1. The van der Waals surface area contributed by atoms with Gasteiger partial charge >= 0.3 is 0 Å². The molecule has 2 rings (SSSR count). The SMILES string of the molecule is CCc1ccc2[nH]c(CCl)nc2c1Br. The average Bonchev–Trinajstić information content (AvgIpc) is 2.62. The van der Waals surface area contributed by atoms with Gasteiger partial charge in [-0.1, -0.05) is 13.0 Å². The second-order valence-electron chi connectivity index (χ2n) is 3.11. The van der Waals surface area contributed by atoms with Crippen molar-refractivity contribution in [2.24, 2.45) is 0 Å². The first kappa shape index (κ1) is 9.99. The number of fused-ring (bicyclic) bond motifs is 1. The van der Waals surface area contributed by atoms with Crippen molar-refractivity contribution >= 4 is 38.6 Å². The zero-order valence-corrected chi connectivity index (χ0v) is 10.1. The number of hydrogen-bond donors (Lipinski definition) is 1. The molecule has 4 heteroatoms. The van der Waals surface area contributed by atoms with Crippen molar-refractivity contribution in [2.75, 3.05) is 0 Å². The fraction of sp³-hybridized carbons (Fsp3) is 0.300. The van der Waals surface area contributed by atoms with E-state index in [0.29, 0.717) is 5.88 Å².